The van der Waals surface area contributed by atoms with Crippen molar-refractivity contribution < 1.29 is 39.7 Å². The molecule has 0 bridgehead atoms. The average molecular weight is 480 g/mol. The predicted octanol–water partition coefficient (Wildman–Crippen LogP) is 4.76. The molecular weight excluding hydrogens is 467 g/mol. The summed E-state index contributed by atoms with van der Waals surface area (Å²) >= 11 is 5.61. The van der Waals surface area contributed by atoms with E-state index < -0.39 is 51.2 Å². The lowest BCUT2D eigenvalue weighted by Crippen LogP contribution is -2.19. The van der Waals surface area contributed by atoms with Crippen molar-refractivity contribution >= 4 is 28.2 Å². The molecule has 14 heteroatoms. The smallest absolute Gasteiger partial charge is 0.435 e. The Labute approximate surface area is 173 Å². The standard InChI is InChI=1S/C16H13ClF7N3O2S/c1-8-4-9(18)10(5-11(8)30(28)6-15(19,20)21)29-3-2-25-14-12(17)13(16(22,23)24)26-7-27-14/h4-5,7H,2-3,6H2,1H3,(H,25,26,27). The molecule has 0 saturated carbocycles. The van der Waals surface area contributed by atoms with E-state index in [1.165, 1.54) is 6.92 Å². The minimum Gasteiger partial charge on any atom is -0.489 e. The van der Waals surface area contributed by atoms with Gasteiger partial charge in [-0.2, -0.15) is 26.3 Å². The Morgan fingerprint density at radius 1 is 1.17 bits per heavy atom. The van der Waals surface area contributed by atoms with E-state index in [1.54, 1.807) is 0 Å². The van der Waals surface area contributed by atoms with Crippen molar-refractivity contribution in [2.45, 2.75) is 24.2 Å². The van der Waals surface area contributed by atoms with E-state index in [2.05, 4.69) is 15.3 Å². The Bertz CT molecular complexity index is 938. The van der Waals surface area contributed by atoms with Crippen LogP contribution in [0, 0.1) is 12.7 Å². The highest BCUT2D eigenvalue weighted by atomic mass is 35.5. The number of nitrogens with one attached hydrogen (secondary N) is 1. The number of hydrogen-bond acceptors (Lipinski definition) is 5. The van der Waals surface area contributed by atoms with Crippen molar-refractivity contribution in [3.63, 3.8) is 0 Å². The summed E-state index contributed by atoms with van der Waals surface area (Å²) in [6, 6.07) is 1.77. The lowest BCUT2D eigenvalue weighted by atomic mass is 10.2. The lowest BCUT2D eigenvalue weighted by molar-refractivity contribution is -0.141. The van der Waals surface area contributed by atoms with Gasteiger partial charge < -0.3 is 10.1 Å². The first-order valence-electron chi connectivity index (χ1n) is 7.99. The summed E-state index contributed by atoms with van der Waals surface area (Å²) < 4.78 is 107. The summed E-state index contributed by atoms with van der Waals surface area (Å²) in [5.74, 6) is -3.30. The van der Waals surface area contributed by atoms with E-state index in [0.717, 1.165) is 12.1 Å². The number of ether oxygens (including phenoxy) is 1. The first-order chi connectivity index (χ1) is 13.8. The van der Waals surface area contributed by atoms with E-state index in [0.29, 0.717) is 6.33 Å². The molecule has 1 atom stereocenters. The molecule has 2 rings (SSSR count). The van der Waals surface area contributed by atoms with Gasteiger partial charge in [0.2, 0.25) is 0 Å². The van der Waals surface area contributed by atoms with Crippen LogP contribution < -0.4 is 10.1 Å². The van der Waals surface area contributed by atoms with Crippen LogP contribution in [0.5, 0.6) is 5.75 Å². The van der Waals surface area contributed by atoms with Gasteiger partial charge in [-0.25, -0.2) is 14.4 Å². The van der Waals surface area contributed by atoms with E-state index in [9.17, 15) is 34.9 Å². The van der Waals surface area contributed by atoms with E-state index in [4.69, 9.17) is 16.3 Å². The minimum atomic E-state index is -4.79. The Balaban J connectivity index is 2.05. The van der Waals surface area contributed by atoms with E-state index in [-0.39, 0.29) is 29.4 Å². The van der Waals surface area contributed by atoms with Crippen molar-refractivity contribution in [2.24, 2.45) is 0 Å². The molecule has 2 aromatic rings. The lowest BCUT2D eigenvalue weighted by Gasteiger charge is -2.14. The molecule has 0 amide bonds. The number of nitrogens with zero attached hydrogens (tertiary/aromatic N) is 2. The normalized spacial score (nSPS) is 13.2. The third-order valence-electron chi connectivity index (χ3n) is 3.48. The van der Waals surface area contributed by atoms with E-state index in [1.807, 2.05) is 0 Å². The number of alkyl halides is 6. The molecule has 0 fully saturated rings. The molecule has 0 saturated heterocycles. The number of benzene rings is 1. The number of anilines is 1. The highest BCUT2D eigenvalue weighted by Gasteiger charge is 2.36. The maximum absolute atomic E-state index is 14.0. The second-order valence-corrected chi connectivity index (χ2v) is 7.61. The number of aryl methyl sites for hydroxylation is 1. The molecule has 1 unspecified atom stereocenters. The van der Waals surface area contributed by atoms with Gasteiger partial charge in [-0.05, 0) is 24.6 Å². The van der Waals surface area contributed by atoms with Crippen LogP contribution in [0.15, 0.2) is 23.4 Å². The first kappa shape index (κ1) is 24.1. The van der Waals surface area contributed by atoms with E-state index >= 15 is 0 Å². The van der Waals surface area contributed by atoms with Crippen LogP contribution in [0.25, 0.3) is 0 Å². The Morgan fingerprint density at radius 2 is 1.83 bits per heavy atom. The van der Waals surface area contributed by atoms with Crippen LogP contribution in [0.4, 0.5) is 36.6 Å². The largest absolute Gasteiger partial charge is 0.489 e. The zero-order valence-electron chi connectivity index (χ0n) is 15.0. The maximum atomic E-state index is 14.0. The minimum absolute atomic E-state index is 0.0491. The van der Waals surface area contributed by atoms with Gasteiger partial charge in [0.15, 0.2) is 17.3 Å². The molecule has 0 aliphatic rings. The molecule has 0 aliphatic carbocycles. The fourth-order valence-corrected chi connectivity index (χ4v) is 3.62. The van der Waals surface area contributed by atoms with Crippen molar-refractivity contribution in [3.05, 3.63) is 40.6 Å². The quantitative estimate of drug-likeness (QED) is 0.458. The van der Waals surface area contributed by atoms with Crippen LogP contribution in [0.1, 0.15) is 11.3 Å². The van der Waals surface area contributed by atoms with Crippen molar-refractivity contribution in [1.82, 2.24) is 9.97 Å². The number of rotatable bonds is 7. The molecule has 1 heterocycles. The predicted molar refractivity (Wildman–Crippen MR) is 94.5 cm³/mol. The van der Waals surface area contributed by atoms with Gasteiger partial charge in [0.25, 0.3) is 0 Å². The topological polar surface area (TPSA) is 64.1 Å². The van der Waals surface area contributed by atoms with Gasteiger partial charge in [0.05, 0.1) is 17.3 Å². The summed E-state index contributed by atoms with van der Waals surface area (Å²) in [5.41, 5.74) is -1.29. The van der Waals surface area contributed by atoms with Gasteiger partial charge in [0, 0.05) is 4.90 Å². The second-order valence-electron chi connectivity index (χ2n) is 5.81. The Morgan fingerprint density at radius 3 is 2.43 bits per heavy atom. The van der Waals surface area contributed by atoms with Gasteiger partial charge >= 0.3 is 12.4 Å². The summed E-state index contributed by atoms with van der Waals surface area (Å²) in [4.78, 5) is 6.38. The fraction of sp³-hybridized carbons (Fsp3) is 0.375. The second kappa shape index (κ2) is 9.33. The third kappa shape index (κ3) is 6.42. The van der Waals surface area contributed by atoms with Crippen molar-refractivity contribution in [1.29, 1.82) is 0 Å². The number of halogens is 8. The van der Waals surface area contributed by atoms with Crippen molar-refractivity contribution in [3.8, 4) is 5.75 Å². The molecule has 5 nitrogen and oxygen atoms in total. The number of hydrogen-bond donors (Lipinski definition) is 1. The van der Waals surface area contributed by atoms with Crippen molar-refractivity contribution in [2.75, 3.05) is 24.2 Å². The molecule has 1 aromatic heterocycles. The third-order valence-corrected chi connectivity index (χ3v) is 5.36. The summed E-state index contributed by atoms with van der Waals surface area (Å²) in [5, 5.41) is 1.69. The molecule has 0 aliphatic heterocycles. The van der Waals surface area contributed by atoms with Gasteiger partial charge in [0.1, 0.15) is 29.5 Å². The molecular formula is C16H13ClF7N3O2S. The van der Waals surface area contributed by atoms with Gasteiger partial charge in [-0.15, -0.1) is 0 Å². The molecule has 0 spiro atoms. The molecule has 1 aromatic carbocycles. The zero-order chi connectivity index (χ0) is 22.7. The Hall–Kier alpha value is -2.15. The number of aromatic nitrogens is 2. The van der Waals surface area contributed by atoms with Crippen LogP contribution in [-0.4, -0.2) is 39.3 Å². The van der Waals surface area contributed by atoms with Crippen LogP contribution in [0.2, 0.25) is 5.02 Å². The summed E-state index contributed by atoms with van der Waals surface area (Å²) in [6.07, 6.45) is -8.82. The molecule has 30 heavy (non-hydrogen) atoms. The Kier molecular flexibility index (Phi) is 7.50. The molecule has 166 valence electrons. The van der Waals surface area contributed by atoms with Crippen LogP contribution in [-0.2, 0) is 17.0 Å². The average Bonchev–Trinajstić information content (AvgIpc) is 2.58. The fourth-order valence-electron chi connectivity index (χ4n) is 2.24. The highest BCUT2D eigenvalue weighted by molar-refractivity contribution is 7.85. The SMILES string of the molecule is Cc1cc(F)c(OCCNc2ncnc(C(F)(F)F)c2Cl)cc1S(=O)CC(F)(F)F. The van der Waals surface area contributed by atoms with Crippen LogP contribution >= 0.6 is 11.6 Å². The zero-order valence-corrected chi connectivity index (χ0v) is 16.6. The summed E-state index contributed by atoms with van der Waals surface area (Å²) in [7, 11) is -2.46. The summed E-state index contributed by atoms with van der Waals surface area (Å²) in [6.45, 7) is 0.808. The first-order valence-corrected chi connectivity index (χ1v) is 9.69. The van der Waals surface area contributed by atoms with Gasteiger partial charge in [-0.1, -0.05) is 11.6 Å². The monoisotopic (exact) mass is 479 g/mol. The molecule has 1 N–H and O–H groups in total. The molecule has 0 radical (unpaired) electrons. The van der Waals surface area contributed by atoms with Crippen LogP contribution in [0.3, 0.4) is 0 Å². The maximum Gasteiger partial charge on any atom is 0.435 e. The highest BCUT2D eigenvalue weighted by Crippen LogP contribution is 2.35. The van der Waals surface area contributed by atoms with Gasteiger partial charge in [-0.3, -0.25) is 4.21 Å².